The lowest BCUT2D eigenvalue weighted by Crippen LogP contribution is -1.90. The third kappa shape index (κ3) is 3.85. The Labute approximate surface area is 88.6 Å². The van der Waals surface area contributed by atoms with Gasteiger partial charge in [0, 0.05) is 4.90 Å². The third-order valence-electron chi connectivity index (χ3n) is 1.62. The van der Waals surface area contributed by atoms with Crippen molar-refractivity contribution in [1.82, 2.24) is 0 Å². The summed E-state index contributed by atoms with van der Waals surface area (Å²) < 4.78 is 5.04. The smallest absolute Gasteiger partial charge is 0.118 e. The first kappa shape index (κ1) is 11.1. The molecular weight excluding hydrogens is 196 g/mol. The standard InChI is InChI=1S/C11H14O2S/c1-9(12)7-8-14-11-5-3-10(13-2)4-6-11/h3-9,12H,1-2H3. The van der Waals surface area contributed by atoms with E-state index in [4.69, 9.17) is 9.84 Å². The molecule has 3 heteroatoms. The Hall–Kier alpha value is -0.930. The Morgan fingerprint density at radius 2 is 2.00 bits per heavy atom. The first-order chi connectivity index (χ1) is 6.72. The summed E-state index contributed by atoms with van der Waals surface area (Å²) >= 11 is 1.57. The minimum atomic E-state index is -0.388. The topological polar surface area (TPSA) is 29.5 Å². The maximum atomic E-state index is 8.99. The fourth-order valence-corrected chi connectivity index (χ4v) is 1.64. The van der Waals surface area contributed by atoms with E-state index >= 15 is 0 Å². The highest BCUT2D eigenvalue weighted by Gasteiger charge is 1.92. The van der Waals surface area contributed by atoms with E-state index in [2.05, 4.69) is 0 Å². The van der Waals surface area contributed by atoms with Crippen LogP contribution in [0.3, 0.4) is 0 Å². The molecule has 1 aromatic carbocycles. The Morgan fingerprint density at radius 1 is 1.36 bits per heavy atom. The number of ether oxygens (including phenoxy) is 1. The summed E-state index contributed by atoms with van der Waals surface area (Å²) in [6.07, 6.45) is 1.36. The molecule has 0 bridgehead atoms. The average molecular weight is 210 g/mol. The van der Waals surface area contributed by atoms with Crippen molar-refractivity contribution in [1.29, 1.82) is 0 Å². The van der Waals surface area contributed by atoms with Crippen molar-refractivity contribution in [3.05, 3.63) is 35.7 Å². The highest BCUT2D eigenvalue weighted by Crippen LogP contribution is 2.22. The molecule has 1 atom stereocenters. The quantitative estimate of drug-likeness (QED) is 0.775. The lowest BCUT2D eigenvalue weighted by Gasteiger charge is -2.00. The van der Waals surface area contributed by atoms with Crippen LogP contribution >= 0.6 is 11.8 Å². The molecule has 1 unspecified atom stereocenters. The van der Waals surface area contributed by atoms with Crippen molar-refractivity contribution in [2.75, 3.05) is 7.11 Å². The molecule has 1 N–H and O–H groups in total. The molecule has 0 fully saturated rings. The highest BCUT2D eigenvalue weighted by atomic mass is 32.2. The molecule has 0 amide bonds. The van der Waals surface area contributed by atoms with Gasteiger partial charge in [-0.2, -0.15) is 0 Å². The average Bonchev–Trinajstić information content (AvgIpc) is 2.18. The Kier molecular flexibility index (Phi) is 4.56. The van der Waals surface area contributed by atoms with Crippen LogP contribution in [0.15, 0.2) is 40.6 Å². The Morgan fingerprint density at radius 3 is 2.50 bits per heavy atom. The van der Waals surface area contributed by atoms with Crippen LogP contribution in [0.25, 0.3) is 0 Å². The van der Waals surface area contributed by atoms with Crippen LogP contribution in [0.5, 0.6) is 5.75 Å². The molecule has 76 valence electrons. The van der Waals surface area contributed by atoms with E-state index in [0.29, 0.717) is 0 Å². The largest absolute Gasteiger partial charge is 0.497 e. The predicted molar refractivity (Wildman–Crippen MR) is 59.7 cm³/mol. The van der Waals surface area contributed by atoms with Crippen LogP contribution in [0.1, 0.15) is 6.92 Å². The Bertz CT molecular complexity index is 291. The molecule has 0 aliphatic rings. The van der Waals surface area contributed by atoms with Gasteiger partial charge in [0.25, 0.3) is 0 Å². The number of benzene rings is 1. The van der Waals surface area contributed by atoms with E-state index in [0.717, 1.165) is 10.6 Å². The summed E-state index contributed by atoms with van der Waals surface area (Å²) in [6, 6.07) is 7.79. The maximum Gasteiger partial charge on any atom is 0.118 e. The first-order valence-electron chi connectivity index (χ1n) is 4.38. The molecule has 0 heterocycles. The van der Waals surface area contributed by atoms with E-state index in [1.165, 1.54) is 0 Å². The summed E-state index contributed by atoms with van der Waals surface area (Å²) in [4.78, 5) is 1.13. The second kappa shape index (κ2) is 5.73. The molecule has 0 saturated heterocycles. The van der Waals surface area contributed by atoms with Crippen molar-refractivity contribution in [3.63, 3.8) is 0 Å². The van der Waals surface area contributed by atoms with E-state index in [1.54, 1.807) is 31.9 Å². The summed E-state index contributed by atoms with van der Waals surface area (Å²) in [5.74, 6) is 0.855. The van der Waals surface area contributed by atoms with E-state index in [1.807, 2.05) is 29.7 Å². The maximum absolute atomic E-state index is 8.99. The molecule has 0 aromatic heterocycles. The van der Waals surface area contributed by atoms with Gasteiger partial charge in [-0.25, -0.2) is 0 Å². The van der Waals surface area contributed by atoms with Crippen LogP contribution < -0.4 is 4.74 Å². The van der Waals surface area contributed by atoms with Gasteiger partial charge in [0.05, 0.1) is 13.2 Å². The number of aliphatic hydroxyl groups is 1. The number of rotatable bonds is 4. The van der Waals surface area contributed by atoms with Gasteiger partial charge in [-0.3, -0.25) is 0 Å². The molecule has 1 aromatic rings. The number of methoxy groups -OCH3 is 1. The molecule has 0 saturated carbocycles. The predicted octanol–water partition coefficient (Wildman–Crippen LogP) is 2.68. The van der Waals surface area contributed by atoms with Crippen molar-refractivity contribution in [2.24, 2.45) is 0 Å². The summed E-state index contributed by atoms with van der Waals surface area (Å²) in [5, 5.41) is 10.9. The summed E-state index contributed by atoms with van der Waals surface area (Å²) in [7, 11) is 1.65. The molecule has 14 heavy (non-hydrogen) atoms. The van der Waals surface area contributed by atoms with Gasteiger partial charge < -0.3 is 9.84 Å². The summed E-state index contributed by atoms with van der Waals surface area (Å²) in [5.41, 5.74) is 0. The normalized spacial score (nSPS) is 13.1. The van der Waals surface area contributed by atoms with E-state index < -0.39 is 0 Å². The van der Waals surface area contributed by atoms with Gasteiger partial charge in [0.2, 0.25) is 0 Å². The van der Waals surface area contributed by atoms with Gasteiger partial charge in [-0.15, -0.1) is 0 Å². The van der Waals surface area contributed by atoms with Crippen molar-refractivity contribution < 1.29 is 9.84 Å². The zero-order valence-electron chi connectivity index (χ0n) is 8.31. The minimum Gasteiger partial charge on any atom is -0.497 e. The minimum absolute atomic E-state index is 0.388. The molecule has 0 aliphatic carbocycles. The van der Waals surface area contributed by atoms with Crippen molar-refractivity contribution >= 4 is 11.8 Å². The SMILES string of the molecule is COc1ccc(SC=CC(C)O)cc1. The summed E-state index contributed by atoms with van der Waals surface area (Å²) in [6.45, 7) is 1.73. The van der Waals surface area contributed by atoms with Crippen LogP contribution in [0, 0.1) is 0 Å². The second-order valence-corrected chi connectivity index (χ2v) is 3.84. The lowest BCUT2D eigenvalue weighted by molar-refractivity contribution is 0.244. The van der Waals surface area contributed by atoms with Gasteiger partial charge in [0.15, 0.2) is 0 Å². The number of hydrogen-bond donors (Lipinski definition) is 1. The monoisotopic (exact) mass is 210 g/mol. The number of aliphatic hydroxyl groups excluding tert-OH is 1. The number of thioether (sulfide) groups is 1. The zero-order valence-corrected chi connectivity index (χ0v) is 9.12. The third-order valence-corrected chi connectivity index (χ3v) is 2.46. The molecular formula is C11H14O2S. The van der Waals surface area contributed by atoms with E-state index in [9.17, 15) is 0 Å². The van der Waals surface area contributed by atoms with Crippen molar-refractivity contribution in [2.45, 2.75) is 17.9 Å². The molecule has 0 spiro atoms. The van der Waals surface area contributed by atoms with Gasteiger partial charge in [-0.05, 0) is 42.7 Å². The molecule has 0 radical (unpaired) electrons. The lowest BCUT2D eigenvalue weighted by atomic mass is 10.3. The van der Waals surface area contributed by atoms with Crippen LogP contribution in [-0.4, -0.2) is 18.3 Å². The number of hydrogen-bond acceptors (Lipinski definition) is 3. The van der Waals surface area contributed by atoms with Gasteiger partial charge in [0.1, 0.15) is 5.75 Å². The van der Waals surface area contributed by atoms with Crippen LogP contribution in [-0.2, 0) is 0 Å². The van der Waals surface area contributed by atoms with Gasteiger partial charge >= 0.3 is 0 Å². The zero-order chi connectivity index (χ0) is 10.4. The van der Waals surface area contributed by atoms with Crippen LogP contribution in [0.4, 0.5) is 0 Å². The van der Waals surface area contributed by atoms with Gasteiger partial charge in [-0.1, -0.05) is 11.8 Å². The second-order valence-electron chi connectivity index (χ2n) is 2.86. The first-order valence-corrected chi connectivity index (χ1v) is 5.26. The molecule has 0 aliphatic heterocycles. The molecule has 1 rings (SSSR count). The van der Waals surface area contributed by atoms with Crippen molar-refractivity contribution in [3.8, 4) is 5.75 Å². The Balaban J connectivity index is 2.52. The van der Waals surface area contributed by atoms with Crippen LogP contribution in [0.2, 0.25) is 0 Å². The fraction of sp³-hybridized carbons (Fsp3) is 0.273. The highest BCUT2D eigenvalue weighted by molar-refractivity contribution is 8.02. The molecule has 2 nitrogen and oxygen atoms in total. The fourth-order valence-electron chi connectivity index (χ4n) is 0.886. The van der Waals surface area contributed by atoms with E-state index in [-0.39, 0.29) is 6.10 Å².